The SMILES string of the molecule is Cc1cc([C@@H](O)CCNC(=O)Nc2ccc(Cl)c(Cl)c2)c(C)o1. The van der Waals surface area contributed by atoms with Gasteiger partial charge in [-0.25, -0.2) is 4.79 Å². The van der Waals surface area contributed by atoms with Crippen LogP contribution in [0.5, 0.6) is 0 Å². The van der Waals surface area contributed by atoms with Gasteiger partial charge >= 0.3 is 6.03 Å². The lowest BCUT2D eigenvalue weighted by Gasteiger charge is -2.11. The van der Waals surface area contributed by atoms with Crippen LogP contribution < -0.4 is 10.6 Å². The van der Waals surface area contributed by atoms with Crippen molar-refractivity contribution in [3.05, 3.63) is 51.4 Å². The number of carbonyl (C=O) groups is 1. The second-order valence-corrected chi connectivity index (χ2v) is 6.00. The molecule has 124 valence electrons. The number of urea groups is 1. The average molecular weight is 357 g/mol. The van der Waals surface area contributed by atoms with E-state index in [2.05, 4.69) is 10.6 Å². The van der Waals surface area contributed by atoms with Crippen LogP contribution in [0.3, 0.4) is 0 Å². The zero-order valence-corrected chi connectivity index (χ0v) is 14.3. The van der Waals surface area contributed by atoms with Crippen molar-refractivity contribution in [1.82, 2.24) is 5.32 Å². The first kappa shape index (κ1) is 17.7. The van der Waals surface area contributed by atoms with Gasteiger partial charge in [-0.1, -0.05) is 23.2 Å². The van der Waals surface area contributed by atoms with Crippen LogP contribution in [-0.4, -0.2) is 17.7 Å². The fraction of sp³-hybridized carbons (Fsp3) is 0.312. The number of carbonyl (C=O) groups excluding carboxylic acids is 1. The minimum Gasteiger partial charge on any atom is -0.466 e. The highest BCUT2D eigenvalue weighted by atomic mass is 35.5. The number of furan rings is 1. The van der Waals surface area contributed by atoms with Gasteiger partial charge in [-0.05, 0) is 44.5 Å². The third kappa shape index (κ3) is 4.89. The monoisotopic (exact) mass is 356 g/mol. The van der Waals surface area contributed by atoms with Gasteiger partial charge in [-0.15, -0.1) is 0 Å². The van der Waals surface area contributed by atoms with Gasteiger partial charge in [0.05, 0.1) is 16.1 Å². The smallest absolute Gasteiger partial charge is 0.319 e. The summed E-state index contributed by atoms with van der Waals surface area (Å²) >= 11 is 11.7. The highest BCUT2D eigenvalue weighted by molar-refractivity contribution is 6.42. The van der Waals surface area contributed by atoms with Gasteiger partial charge in [0, 0.05) is 17.8 Å². The van der Waals surface area contributed by atoms with E-state index in [4.69, 9.17) is 27.6 Å². The van der Waals surface area contributed by atoms with Crippen LogP contribution in [0.25, 0.3) is 0 Å². The second-order valence-electron chi connectivity index (χ2n) is 5.18. The number of amides is 2. The molecule has 0 aliphatic carbocycles. The summed E-state index contributed by atoms with van der Waals surface area (Å²) in [6.45, 7) is 3.94. The Morgan fingerprint density at radius 3 is 2.61 bits per heavy atom. The molecule has 0 fully saturated rings. The first-order valence-electron chi connectivity index (χ1n) is 7.11. The minimum atomic E-state index is -0.683. The van der Waals surface area contributed by atoms with Crippen molar-refractivity contribution in [3.8, 4) is 0 Å². The highest BCUT2D eigenvalue weighted by Gasteiger charge is 2.14. The summed E-state index contributed by atoms with van der Waals surface area (Å²) in [6, 6.07) is 6.25. The fourth-order valence-electron chi connectivity index (χ4n) is 2.21. The lowest BCUT2D eigenvalue weighted by molar-refractivity contribution is 0.165. The fourth-order valence-corrected chi connectivity index (χ4v) is 2.51. The molecule has 2 amide bonds. The van der Waals surface area contributed by atoms with Gasteiger partial charge in [0.25, 0.3) is 0 Å². The van der Waals surface area contributed by atoms with Crippen molar-refractivity contribution in [3.63, 3.8) is 0 Å². The molecule has 0 aliphatic rings. The van der Waals surface area contributed by atoms with E-state index in [0.29, 0.717) is 34.5 Å². The molecule has 1 aromatic heterocycles. The largest absolute Gasteiger partial charge is 0.466 e. The van der Waals surface area contributed by atoms with Crippen molar-refractivity contribution < 1.29 is 14.3 Å². The Hall–Kier alpha value is -1.69. The van der Waals surface area contributed by atoms with Crippen molar-refractivity contribution in [2.75, 3.05) is 11.9 Å². The molecular weight excluding hydrogens is 339 g/mol. The Bertz CT molecular complexity index is 701. The van der Waals surface area contributed by atoms with Crippen LogP contribution in [0.4, 0.5) is 10.5 Å². The van der Waals surface area contributed by atoms with E-state index in [-0.39, 0.29) is 6.03 Å². The van der Waals surface area contributed by atoms with E-state index in [1.807, 2.05) is 6.92 Å². The van der Waals surface area contributed by atoms with Gasteiger partial charge in [-0.2, -0.15) is 0 Å². The van der Waals surface area contributed by atoms with Crippen molar-refractivity contribution in [2.24, 2.45) is 0 Å². The van der Waals surface area contributed by atoms with Crippen molar-refractivity contribution >= 4 is 34.9 Å². The molecule has 2 rings (SSSR count). The average Bonchev–Trinajstić information content (AvgIpc) is 2.81. The minimum absolute atomic E-state index is 0.317. The van der Waals surface area contributed by atoms with E-state index >= 15 is 0 Å². The van der Waals surface area contributed by atoms with E-state index in [0.717, 1.165) is 11.3 Å². The summed E-state index contributed by atoms with van der Waals surface area (Å²) in [5.41, 5.74) is 1.29. The van der Waals surface area contributed by atoms with Crippen LogP contribution in [-0.2, 0) is 0 Å². The number of nitrogens with one attached hydrogen (secondary N) is 2. The van der Waals surface area contributed by atoms with Crippen LogP contribution in [0, 0.1) is 13.8 Å². The molecule has 0 saturated carbocycles. The standard InChI is InChI=1S/C16H18Cl2N2O3/c1-9-7-12(10(2)23-9)15(21)5-6-19-16(22)20-11-3-4-13(17)14(18)8-11/h3-4,7-8,15,21H,5-6H2,1-2H3,(H2,19,20,22)/t15-/m0/s1. The van der Waals surface area contributed by atoms with Gasteiger partial charge in [-0.3, -0.25) is 0 Å². The highest BCUT2D eigenvalue weighted by Crippen LogP contribution is 2.25. The number of rotatable bonds is 5. The zero-order valence-electron chi connectivity index (χ0n) is 12.8. The Kier molecular flexibility index (Phi) is 5.93. The summed E-state index contributed by atoms with van der Waals surface area (Å²) in [5.74, 6) is 1.44. The predicted molar refractivity (Wildman–Crippen MR) is 91.2 cm³/mol. The summed E-state index contributed by atoms with van der Waals surface area (Å²) in [5, 5.41) is 16.2. The molecule has 0 radical (unpaired) electrons. The molecule has 1 heterocycles. The van der Waals surface area contributed by atoms with Gasteiger partial charge in [0.15, 0.2) is 0 Å². The molecule has 0 unspecified atom stereocenters. The summed E-state index contributed by atoms with van der Waals surface area (Å²) in [6.07, 6.45) is -0.299. The maximum Gasteiger partial charge on any atom is 0.319 e. The van der Waals surface area contributed by atoms with E-state index in [1.165, 1.54) is 0 Å². The van der Waals surface area contributed by atoms with E-state index in [1.54, 1.807) is 31.2 Å². The Morgan fingerprint density at radius 2 is 2.00 bits per heavy atom. The number of halogens is 2. The summed E-state index contributed by atoms with van der Waals surface area (Å²) < 4.78 is 5.38. The van der Waals surface area contributed by atoms with Crippen LogP contribution >= 0.6 is 23.2 Å². The molecule has 5 nitrogen and oxygen atoms in total. The second kappa shape index (κ2) is 7.73. The lowest BCUT2D eigenvalue weighted by Crippen LogP contribution is -2.30. The quantitative estimate of drug-likeness (QED) is 0.740. The predicted octanol–water partition coefficient (Wildman–Crippen LogP) is 4.45. The normalized spacial score (nSPS) is 12.0. The lowest BCUT2D eigenvalue weighted by atomic mass is 10.1. The van der Waals surface area contributed by atoms with Gasteiger partial charge in [0.2, 0.25) is 0 Å². The maximum atomic E-state index is 11.8. The molecule has 0 spiro atoms. The number of aryl methyl sites for hydroxylation is 2. The summed E-state index contributed by atoms with van der Waals surface area (Å²) in [4.78, 5) is 11.8. The number of benzene rings is 1. The number of aliphatic hydroxyl groups is 1. The number of hydrogen-bond acceptors (Lipinski definition) is 3. The molecule has 1 atom stereocenters. The topological polar surface area (TPSA) is 74.5 Å². The Morgan fingerprint density at radius 1 is 1.26 bits per heavy atom. The maximum absolute atomic E-state index is 11.8. The first-order valence-corrected chi connectivity index (χ1v) is 7.87. The van der Waals surface area contributed by atoms with E-state index in [9.17, 15) is 9.90 Å². The first-order chi connectivity index (χ1) is 10.9. The molecule has 0 saturated heterocycles. The molecule has 1 aromatic carbocycles. The molecule has 7 heteroatoms. The number of hydrogen-bond donors (Lipinski definition) is 3. The molecular formula is C16H18Cl2N2O3. The van der Waals surface area contributed by atoms with Crippen molar-refractivity contribution in [2.45, 2.75) is 26.4 Å². The molecule has 23 heavy (non-hydrogen) atoms. The Labute approximate surface area is 144 Å². The van der Waals surface area contributed by atoms with Crippen LogP contribution in [0.2, 0.25) is 10.0 Å². The third-order valence-corrected chi connectivity index (χ3v) is 4.06. The number of anilines is 1. The zero-order chi connectivity index (χ0) is 17.0. The van der Waals surface area contributed by atoms with Gasteiger partial charge in [0.1, 0.15) is 11.5 Å². The number of aliphatic hydroxyl groups excluding tert-OH is 1. The molecule has 0 aliphatic heterocycles. The van der Waals surface area contributed by atoms with Crippen LogP contribution in [0.1, 0.15) is 29.6 Å². The van der Waals surface area contributed by atoms with Crippen LogP contribution in [0.15, 0.2) is 28.7 Å². The summed E-state index contributed by atoms with van der Waals surface area (Å²) in [7, 11) is 0. The third-order valence-electron chi connectivity index (χ3n) is 3.32. The molecule has 2 aromatic rings. The van der Waals surface area contributed by atoms with Gasteiger partial charge < -0.3 is 20.2 Å². The van der Waals surface area contributed by atoms with E-state index < -0.39 is 6.10 Å². The van der Waals surface area contributed by atoms with Crippen molar-refractivity contribution in [1.29, 1.82) is 0 Å². The molecule has 3 N–H and O–H groups in total. The molecule has 0 bridgehead atoms. The Balaban J connectivity index is 1.80.